The number of carbonyl (C=O) groups excluding carboxylic acids is 1. The third kappa shape index (κ3) is 4.55. The average Bonchev–Trinajstić information content (AvgIpc) is 2.36. The van der Waals surface area contributed by atoms with E-state index in [2.05, 4.69) is 17.4 Å². The molecule has 0 spiro atoms. The summed E-state index contributed by atoms with van der Waals surface area (Å²) < 4.78 is 0. The SMILES string of the molecule is CSc1ccc(C(C)NC(=O)C(N)C(C)(C)C)cc1. The highest BCUT2D eigenvalue weighted by molar-refractivity contribution is 7.98. The molecule has 0 fully saturated rings. The summed E-state index contributed by atoms with van der Waals surface area (Å²) in [4.78, 5) is 13.3. The van der Waals surface area contributed by atoms with Gasteiger partial charge in [0.2, 0.25) is 5.91 Å². The van der Waals surface area contributed by atoms with Gasteiger partial charge >= 0.3 is 0 Å². The molecule has 0 radical (unpaired) electrons. The predicted molar refractivity (Wildman–Crippen MR) is 82.2 cm³/mol. The molecule has 1 rings (SSSR count). The van der Waals surface area contributed by atoms with Crippen LogP contribution >= 0.6 is 11.8 Å². The minimum Gasteiger partial charge on any atom is -0.348 e. The maximum absolute atomic E-state index is 12.1. The normalized spacial score (nSPS) is 14.8. The molecule has 2 atom stereocenters. The Kier molecular flexibility index (Phi) is 5.44. The lowest BCUT2D eigenvalue weighted by Gasteiger charge is -2.27. The summed E-state index contributed by atoms with van der Waals surface area (Å²) in [6, 6.07) is 7.68. The lowest BCUT2D eigenvalue weighted by molar-refractivity contribution is -0.125. The molecular formula is C15H24N2OS. The molecule has 1 aromatic rings. The highest BCUT2D eigenvalue weighted by atomic mass is 32.2. The van der Waals surface area contributed by atoms with Crippen molar-refractivity contribution in [1.82, 2.24) is 5.32 Å². The van der Waals surface area contributed by atoms with Gasteiger partial charge in [0, 0.05) is 4.90 Å². The first-order chi connectivity index (χ1) is 8.75. The maximum Gasteiger partial charge on any atom is 0.237 e. The van der Waals surface area contributed by atoms with Gasteiger partial charge in [-0.25, -0.2) is 0 Å². The van der Waals surface area contributed by atoms with E-state index in [1.165, 1.54) is 4.90 Å². The molecule has 19 heavy (non-hydrogen) atoms. The van der Waals surface area contributed by atoms with Crippen molar-refractivity contribution < 1.29 is 4.79 Å². The third-order valence-electron chi connectivity index (χ3n) is 3.19. The second kappa shape index (κ2) is 6.44. The van der Waals surface area contributed by atoms with Crippen molar-refractivity contribution in [2.45, 2.75) is 44.7 Å². The highest BCUT2D eigenvalue weighted by Gasteiger charge is 2.28. The van der Waals surface area contributed by atoms with Gasteiger partial charge in [0.1, 0.15) is 0 Å². The zero-order valence-corrected chi connectivity index (χ0v) is 13.2. The fourth-order valence-electron chi connectivity index (χ4n) is 1.67. The molecule has 1 amide bonds. The molecule has 2 unspecified atom stereocenters. The van der Waals surface area contributed by atoms with Gasteiger partial charge in [0.15, 0.2) is 0 Å². The summed E-state index contributed by atoms with van der Waals surface area (Å²) in [7, 11) is 0. The number of thioether (sulfide) groups is 1. The highest BCUT2D eigenvalue weighted by Crippen LogP contribution is 2.21. The molecule has 0 bridgehead atoms. The molecule has 3 nitrogen and oxygen atoms in total. The van der Waals surface area contributed by atoms with Gasteiger partial charge in [-0.3, -0.25) is 4.79 Å². The maximum atomic E-state index is 12.1. The third-order valence-corrected chi connectivity index (χ3v) is 3.93. The molecule has 0 aliphatic rings. The average molecular weight is 280 g/mol. The zero-order valence-electron chi connectivity index (χ0n) is 12.4. The number of nitrogens with two attached hydrogens (primary N) is 1. The first kappa shape index (κ1) is 16.1. The number of hydrogen-bond donors (Lipinski definition) is 2. The van der Waals surface area contributed by atoms with Crippen LogP contribution in [-0.4, -0.2) is 18.2 Å². The molecule has 3 N–H and O–H groups in total. The molecule has 4 heteroatoms. The molecule has 0 aromatic heterocycles. The molecular weight excluding hydrogens is 256 g/mol. The van der Waals surface area contributed by atoms with Gasteiger partial charge < -0.3 is 11.1 Å². The first-order valence-corrected chi connectivity index (χ1v) is 7.68. The van der Waals surface area contributed by atoms with E-state index in [0.717, 1.165) is 5.56 Å². The number of hydrogen-bond acceptors (Lipinski definition) is 3. The van der Waals surface area contributed by atoms with Crippen LogP contribution in [0.1, 0.15) is 39.3 Å². The summed E-state index contributed by atoms with van der Waals surface area (Å²) >= 11 is 1.70. The van der Waals surface area contributed by atoms with E-state index in [1.807, 2.05) is 46.1 Å². The van der Waals surface area contributed by atoms with Gasteiger partial charge in [0.25, 0.3) is 0 Å². The summed E-state index contributed by atoms with van der Waals surface area (Å²) in [5.74, 6) is -0.103. The van der Waals surface area contributed by atoms with Crippen molar-refractivity contribution in [3.05, 3.63) is 29.8 Å². The lowest BCUT2D eigenvalue weighted by atomic mass is 9.86. The second-order valence-electron chi connectivity index (χ2n) is 5.85. The second-order valence-corrected chi connectivity index (χ2v) is 6.73. The van der Waals surface area contributed by atoms with Crippen LogP contribution in [0.5, 0.6) is 0 Å². The van der Waals surface area contributed by atoms with Crippen LogP contribution in [0.25, 0.3) is 0 Å². The number of carbonyl (C=O) groups is 1. The van der Waals surface area contributed by atoms with Crippen molar-refractivity contribution in [1.29, 1.82) is 0 Å². The van der Waals surface area contributed by atoms with E-state index in [4.69, 9.17) is 5.73 Å². The molecule has 106 valence electrons. The van der Waals surface area contributed by atoms with Crippen LogP contribution in [0.2, 0.25) is 0 Å². The van der Waals surface area contributed by atoms with Crippen LogP contribution in [-0.2, 0) is 4.79 Å². The largest absolute Gasteiger partial charge is 0.348 e. The Morgan fingerprint density at radius 2 is 1.79 bits per heavy atom. The zero-order chi connectivity index (χ0) is 14.6. The fourth-order valence-corrected chi connectivity index (χ4v) is 2.08. The first-order valence-electron chi connectivity index (χ1n) is 6.45. The summed E-state index contributed by atoms with van der Waals surface area (Å²) in [6.07, 6.45) is 2.04. The van der Waals surface area contributed by atoms with Gasteiger partial charge in [-0.1, -0.05) is 32.9 Å². The summed E-state index contributed by atoms with van der Waals surface area (Å²) in [6.45, 7) is 7.88. The monoisotopic (exact) mass is 280 g/mol. The van der Waals surface area contributed by atoms with E-state index in [9.17, 15) is 4.79 Å². The van der Waals surface area contributed by atoms with Crippen molar-refractivity contribution in [3.63, 3.8) is 0 Å². The summed E-state index contributed by atoms with van der Waals surface area (Å²) in [5, 5.41) is 2.97. The van der Waals surface area contributed by atoms with E-state index in [-0.39, 0.29) is 17.4 Å². The van der Waals surface area contributed by atoms with E-state index >= 15 is 0 Å². The Hall–Kier alpha value is -1.00. The van der Waals surface area contributed by atoms with Crippen LogP contribution < -0.4 is 11.1 Å². The van der Waals surface area contributed by atoms with Crippen LogP contribution in [0.15, 0.2) is 29.2 Å². The van der Waals surface area contributed by atoms with Crippen molar-refractivity contribution in [2.75, 3.05) is 6.26 Å². The molecule has 0 heterocycles. The number of benzene rings is 1. The van der Waals surface area contributed by atoms with Gasteiger partial charge in [-0.05, 0) is 36.3 Å². The van der Waals surface area contributed by atoms with E-state index in [1.54, 1.807) is 11.8 Å². The predicted octanol–water partition coefficient (Wildman–Crippen LogP) is 2.96. The van der Waals surface area contributed by atoms with Crippen LogP contribution in [0.4, 0.5) is 0 Å². The van der Waals surface area contributed by atoms with Crippen LogP contribution in [0, 0.1) is 5.41 Å². The smallest absolute Gasteiger partial charge is 0.237 e. The molecule has 0 aliphatic heterocycles. The van der Waals surface area contributed by atoms with Crippen molar-refractivity contribution in [2.24, 2.45) is 11.1 Å². The number of amides is 1. The standard InChI is InChI=1S/C15H24N2OS/c1-10(11-6-8-12(19-5)9-7-11)17-14(18)13(16)15(2,3)4/h6-10,13H,16H2,1-5H3,(H,17,18). The Morgan fingerprint density at radius 1 is 1.26 bits per heavy atom. The van der Waals surface area contributed by atoms with Gasteiger partial charge in [-0.15, -0.1) is 11.8 Å². The quantitative estimate of drug-likeness (QED) is 0.834. The number of rotatable bonds is 4. The Bertz CT molecular complexity index is 423. The van der Waals surface area contributed by atoms with Crippen molar-refractivity contribution in [3.8, 4) is 0 Å². The minimum absolute atomic E-state index is 0.0307. The Morgan fingerprint density at radius 3 is 2.21 bits per heavy atom. The lowest BCUT2D eigenvalue weighted by Crippen LogP contribution is -2.49. The minimum atomic E-state index is -0.500. The Labute approximate surface area is 120 Å². The fraction of sp³-hybridized carbons (Fsp3) is 0.533. The topological polar surface area (TPSA) is 55.1 Å². The van der Waals surface area contributed by atoms with Gasteiger partial charge in [0.05, 0.1) is 12.1 Å². The number of nitrogens with one attached hydrogen (secondary N) is 1. The Balaban J connectivity index is 2.68. The van der Waals surface area contributed by atoms with Crippen molar-refractivity contribution >= 4 is 17.7 Å². The molecule has 0 aliphatic carbocycles. The van der Waals surface area contributed by atoms with E-state index in [0.29, 0.717) is 0 Å². The van der Waals surface area contributed by atoms with Crippen LogP contribution in [0.3, 0.4) is 0 Å². The molecule has 0 saturated heterocycles. The van der Waals surface area contributed by atoms with E-state index < -0.39 is 6.04 Å². The summed E-state index contributed by atoms with van der Waals surface area (Å²) in [5.41, 5.74) is 6.81. The van der Waals surface area contributed by atoms with Gasteiger partial charge in [-0.2, -0.15) is 0 Å². The molecule has 0 saturated carbocycles. The molecule has 1 aromatic carbocycles.